The number of rotatable bonds is 2. The Hall–Kier alpha value is -1.66. The Labute approximate surface area is 114 Å². The number of esters is 1. The Bertz CT molecular complexity index is 418. The van der Waals surface area contributed by atoms with Gasteiger partial charge in [0, 0.05) is 6.42 Å². The zero-order valence-electron chi connectivity index (χ0n) is 11.9. The van der Waals surface area contributed by atoms with E-state index in [0.717, 1.165) is 0 Å². The maximum Gasteiger partial charge on any atom is 0.311 e. The Morgan fingerprint density at radius 2 is 1.10 bits per heavy atom. The summed E-state index contributed by atoms with van der Waals surface area (Å²) in [5.41, 5.74) is 0. The van der Waals surface area contributed by atoms with Gasteiger partial charge in [0.2, 0.25) is 34.8 Å². The minimum Gasteiger partial charge on any atom is -0.420 e. The van der Waals surface area contributed by atoms with Gasteiger partial charge in [0.05, 0.1) is 0 Å². The van der Waals surface area contributed by atoms with Gasteiger partial charge in [-0.15, -0.1) is 0 Å². The van der Waals surface area contributed by atoms with Crippen LogP contribution in [0.1, 0.15) is 41.0 Å². The normalized spacial score (nSPS) is 8.90. The number of carbonyl (C=O) groups excluding carboxylic acids is 1. The molecule has 0 N–H and O–H groups in total. The molecule has 20 heavy (non-hydrogen) atoms. The van der Waals surface area contributed by atoms with E-state index in [1.165, 1.54) is 6.92 Å². The van der Waals surface area contributed by atoms with Gasteiger partial charge in [-0.25, -0.2) is 13.2 Å². The maximum atomic E-state index is 12.9. The predicted molar refractivity (Wildman–Crippen MR) is 64.9 cm³/mol. The van der Waals surface area contributed by atoms with Gasteiger partial charge in [-0.1, -0.05) is 34.6 Å². The fourth-order valence-electron chi connectivity index (χ4n) is 0.860. The van der Waals surface area contributed by atoms with Crippen molar-refractivity contribution in [3.05, 3.63) is 29.1 Å². The summed E-state index contributed by atoms with van der Waals surface area (Å²) >= 11 is 0. The highest BCUT2D eigenvalue weighted by Crippen LogP contribution is 2.29. The summed E-state index contributed by atoms with van der Waals surface area (Å²) in [4.78, 5) is 10.7. The molecule has 0 aromatic heterocycles. The average Bonchev–Trinajstić information content (AvgIpc) is 2.51. The largest absolute Gasteiger partial charge is 0.420 e. The van der Waals surface area contributed by atoms with E-state index in [-0.39, 0.29) is 6.42 Å². The second-order valence-corrected chi connectivity index (χ2v) is 2.73. The summed E-state index contributed by atoms with van der Waals surface area (Å²) in [5.74, 6) is -13.6. The molecule has 2 nitrogen and oxygen atoms in total. The third-order valence-electron chi connectivity index (χ3n) is 1.67. The van der Waals surface area contributed by atoms with Crippen molar-refractivity contribution in [2.24, 2.45) is 0 Å². The molecule has 0 spiro atoms. The molecule has 116 valence electrons. The quantitative estimate of drug-likeness (QED) is 0.259. The van der Waals surface area contributed by atoms with Crippen LogP contribution in [0.5, 0.6) is 5.75 Å². The van der Waals surface area contributed by atoms with E-state index in [9.17, 15) is 26.7 Å². The first-order valence-electron chi connectivity index (χ1n) is 6.12. The van der Waals surface area contributed by atoms with Crippen molar-refractivity contribution in [3.63, 3.8) is 0 Å². The van der Waals surface area contributed by atoms with E-state index in [2.05, 4.69) is 4.74 Å². The van der Waals surface area contributed by atoms with Crippen molar-refractivity contribution in [2.75, 3.05) is 0 Å². The summed E-state index contributed by atoms with van der Waals surface area (Å²) in [6.45, 7) is 9.30. The number of benzene rings is 1. The van der Waals surface area contributed by atoms with Crippen LogP contribution in [0.25, 0.3) is 0 Å². The van der Waals surface area contributed by atoms with Crippen molar-refractivity contribution < 1.29 is 31.5 Å². The summed E-state index contributed by atoms with van der Waals surface area (Å²) in [5, 5.41) is 0. The molecule has 1 aromatic carbocycles. The van der Waals surface area contributed by atoms with Gasteiger partial charge in [0.25, 0.3) is 0 Å². The number of hydrogen-bond acceptors (Lipinski definition) is 2. The smallest absolute Gasteiger partial charge is 0.311 e. The van der Waals surface area contributed by atoms with E-state index in [1.54, 1.807) is 0 Å². The van der Waals surface area contributed by atoms with Gasteiger partial charge in [-0.3, -0.25) is 4.79 Å². The van der Waals surface area contributed by atoms with Crippen LogP contribution in [-0.4, -0.2) is 5.97 Å². The van der Waals surface area contributed by atoms with E-state index in [0.29, 0.717) is 0 Å². The van der Waals surface area contributed by atoms with E-state index in [1.807, 2.05) is 27.7 Å². The van der Waals surface area contributed by atoms with Crippen LogP contribution < -0.4 is 4.74 Å². The molecule has 0 saturated heterocycles. The highest BCUT2D eigenvalue weighted by molar-refractivity contribution is 5.72. The van der Waals surface area contributed by atoms with E-state index in [4.69, 9.17) is 0 Å². The minimum atomic E-state index is -2.30. The van der Waals surface area contributed by atoms with Crippen molar-refractivity contribution in [1.82, 2.24) is 0 Å². The second kappa shape index (κ2) is 10.2. The van der Waals surface area contributed by atoms with Crippen molar-refractivity contribution >= 4 is 5.97 Å². The molecule has 0 aliphatic carbocycles. The molecule has 0 atom stereocenters. The minimum absolute atomic E-state index is 0.264. The van der Waals surface area contributed by atoms with Gasteiger partial charge in [-0.05, 0) is 0 Å². The van der Waals surface area contributed by atoms with Crippen molar-refractivity contribution in [1.29, 1.82) is 0 Å². The molecule has 1 rings (SSSR count). The Balaban J connectivity index is 0. The Morgan fingerprint density at radius 1 is 0.800 bits per heavy atom. The van der Waals surface area contributed by atoms with Gasteiger partial charge in [0.1, 0.15) is 0 Å². The second-order valence-electron chi connectivity index (χ2n) is 2.73. The maximum absolute atomic E-state index is 12.9. The zero-order valence-corrected chi connectivity index (χ0v) is 11.9. The molecule has 7 heteroatoms. The lowest BCUT2D eigenvalue weighted by Gasteiger charge is -2.07. The van der Waals surface area contributed by atoms with Crippen molar-refractivity contribution in [3.8, 4) is 5.75 Å². The molecule has 0 aliphatic rings. The highest BCUT2D eigenvalue weighted by atomic mass is 19.2. The summed E-state index contributed by atoms with van der Waals surface area (Å²) in [6, 6.07) is 0. The zero-order chi connectivity index (χ0) is 16.5. The molecule has 1 aromatic rings. The molecule has 0 fully saturated rings. The highest BCUT2D eigenvalue weighted by Gasteiger charge is 2.28. The molecule has 0 radical (unpaired) electrons. The predicted octanol–water partition coefficient (Wildman–Crippen LogP) is 4.75. The lowest BCUT2D eigenvalue weighted by Crippen LogP contribution is -2.12. The lowest BCUT2D eigenvalue weighted by molar-refractivity contribution is -0.134. The number of carbonyl (C=O) groups is 1. The molecule has 0 amide bonds. The van der Waals surface area contributed by atoms with Gasteiger partial charge >= 0.3 is 5.97 Å². The van der Waals surface area contributed by atoms with E-state index >= 15 is 0 Å². The SMILES string of the molecule is CC.CC.CCC(=O)Oc1c(F)c(F)c(F)c(F)c1F. The standard InChI is InChI=1S/C9H5F5O2.2C2H6/c1-2-3(15)16-9-7(13)5(11)4(10)6(12)8(9)14;2*1-2/h2H2,1H3;2*1-2H3. The molecular weight excluding hydrogens is 283 g/mol. The van der Waals surface area contributed by atoms with Crippen molar-refractivity contribution in [2.45, 2.75) is 41.0 Å². The van der Waals surface area contributed by atoms with Gasteiger partial charge in [0.15, 0.2) is 0 Å². The molecule has 0 aliphatic heterocycles. The molecule has 0 bridgehead atoms. The molecular formula is C13H17F5O2. The number of hydrogen-bond donors (Lipinski definition) is 0. The van der Waals surface area contributed by atoms with Gasteiger partial charge < -0.3 is 4.74 Å². The Morgan fingerprint density at radius 3 is 1.40 bits per heavy atom. The fourth-order valence-corrected chi connectivity index (χ4v) is 0.860. The number of halogens is 5. The Kier molecular flexibility index (Phi) is 10.5. The summed E-state index contributed by atoms with van der Waals surface area (Å²) in [7, 11) is 0. The van der Waals surface area contributed by atoms with Gasteiger partial charge in [-0.2, -0.15) is 8.78 Å². The van der Waals surface area contributed by atoms with Crippen LogP contribution in [-0.2, 0) is 4.79 Å². The molecule has 0 saturated carbocycles. The van der Waals surface area contributed by atoms with Crippen LogP contribution in [0.3, 0.4) is 0 Å². The fraction of sp³-hybridized carbons (Fsp3) is 0.462. The third-order valence-corrected chi connectivity index (χ3v) is 1.67. The van der Waals surface area contributed by atoms with Crippen LogP contribution in [0, 0.1) is 29.1 Å². The van der Waals surface area contributed by atoms with E-state index < -0.39 is 40.8 Å². The third kappa shape index (κ3) is 4.79. The monoisotopic (exact) mass is 300 g/mol. The van der Waals surface area contributed by atoms with Crippen LogP contribution in [0.4, 0.5) is 22.0 Å². The van der Waals surface area contributed by atoms with Crippen LogP contribution in [0.15, 0.2) is 0 Å². The average molecular weight is 300 g/mol. The topological polar surface area (TPSA) is 26.3 Å². The first-order valence-corrected chi connectivity index (χ1v) is 6.12. The number of ether oxygens (including phenoxy) is 1. The molecule has 0 heterocycles. The first-order chi connectivity index (χ1) is 9.40. The van der Waals surface area contributed by atoms with Crippen LogP contribution in [0.2, 0.25) is 0 Å². The molecule has 0 unspecified atom stereocenters. The van der Waals surface area contributed by atoms with Crippen LogP contribution >= 0.6 is 0 Å². The lowest BCUT2D eigenvalue weighted by atomic mass is 10.2. The first kappa shape index (κ1) is 20.7. The summed E-state index contributed by atoms with van der Waals surface area (Å²) in [6.07, 6.45) is -0.264. The summed E-state index contributed by atoms with van der Waals surface area (Å²) < 4.78 is 67.6.